The maximum Gasteiger partial charge on any atom is 0.345 e. The fourth-order valence-corrected chi connectivity index (χ4v) is 5.34. The van der Waals surface area contributed by atoms with E-state index in [1.165, 1.54) is 0 Å². The molecular formula is C34H35N3O4. The smallest absolute Gasteiger partial charge is 0.345 e. The van der Waals surface area contributed by atoms with Crippen molar-refractivity contribution in [3.8, 4) is 28.4 Å². The molecule has 1 aromatic heterocycles. The molecule has 5 rings (SSSR count). The summed E-state index contributed by atoms with van der Waals surface area (Å²) in [5, 5.41) is 3.64. The zero-order valence-corrected chi connectivity index (χ0v) is 24.3. The molecule has 0 saturated carbocycles. The number of methoxy groups -OCH3 is 1. The van der Waals surface area contributed by atoms with Crippen molar-refractivity contribution in [3.05, 3.63) is 101 Å². The number of nitrogens with one attached hydrogen (secondary N) is 1. The lowest BCUT2D eigenvalue weighted by molar-refractivity contribution is 0.0733. The van der Waals surface area contributed by atoms with Crippen LogP contribution in [0, 0.1) is 13.8 Å². The number of nitrogens with zero attached hydrogens (tertiary/aromatic N) is 1. The number of anilines is 2. The van der Waals surface area contributed by atoms with E-state index in [1.807, 2.05) is 31.2 Å². The van der Waals surface area contributed by atoms with Gasteiger partial charge in [0.1, 0.15) is 23.9 Å². The van der Waals surface area contributed by atoms with Crippen molar-refractivity contribution in [1.82, 2.24) is 4.98 Å². The third kappa shape index (κ3) is 5.75. The Morgan fingerprint density at radius 2 is 1.76 bits per heavy atom. The Balaban J connectivity index is 1.56. The van der Waals surface area contributed by atoms with E-state index in [1.54, 1.807) is 44.5 Å². The number of rotatable bonds is 7. The summed E-state index contributed by atoms with van der Waals surface area (Å²) in [4.78, 5) is 17.0. The summed E-state index contributed by atoms with van der Waals surface area (Å²) in [6.45, 7) is 10.5. The summed E-state index contributed by atoms with van der Waals surface area (Å²) in [5.74, 6) is 1.22. The monoisotopic (exact) mass is 549 g/mol. The van der Waals surface area contributed by atoms with Gasteiger partial charge >= 0.3 is 5.97 Å². The van der Waals surface area contributed by atoms with Gasteiger partial charge in [-0.2, -0.15) is 0 Å². The molecule has 0 fully saturated rings. The fourth-order valence-electron chi connectivity index (χ4n) is 5.34. The molecule has 0 amide bonds. The molecule has 0 unspecified atom stereocenters. The highest BCUT2D eigenvalue weighted by molar-refractivity contribution is 5.92. The van der Waals surface area contributed by atoms with Crippen molar-refractivity contribution in [1.29, 1.82) is 0 Å². The Morgan fingerprint density at radius 1 is 0.976 bits per heavy atom. The second kappa shape index (κ2) is 11.0. The lowest BCUT2D eigenvalue weighted by Gasteiger charge is -2.33. The maximum absolute atomic E-state index is 12.8. The average molecular weight is 550 g/mol. The number of aromatic nitrogens is 1. The van der Waals surface area contributed by atoms with Crippen molar-refractivity contribution < 1.29 is 19.0 Å². The number of pyridine rings is 1. The lowest BCUT2D eigenvalue weighted by Crippen LogP contribution is -2.32. The van der Waals surface area contributed by atoms with E-state index < -0.39 is 5.97 Å². The zero-order valence-electron chi connectivity index (χ0n) is 24.3. The van der Waals surface area contributed by atoms with E-state index in [0.717, 1.165) is 44.8 Å². The van der Waals surface area contributed by atoms with Gasteiger partial charge < -0.3 is 25.3 Å². The number of ether oxygens (including phenoxy) is 3. The van der Waals surface area contributed by atoms with Gasteiger partial charge in [-0.05, 0) is 87.7 Å². The first kappa shape index (κ1) is 27.8. The number of esters is 1. The molecule has 4 aromatic rings. The van der Waals surface area contributed by atoms with Crippen molar-refractivity contribution in [2.45, 2.75) is 46.8 Å². The van der Waals surface area contributed by atoms with Gasteiger partial charge in [0.25, 0.3) is 0 Å². The quantitative estimate of drug-likeness (QED) is 0.141. The molecule has 7 heteroatoms. The van der Waals surface area contributed by atoms with Gasteiger partial charge in [-0.3, -0.25) is 4.98 Å². The highest BCUT2D eigenvalue weighted by atomic mass is 16.5. The van der Waals surface area contributed by atoms with Crippen LogP contribution in [0.5, 0.6) is 17.2 Å². The molecule has 3 N–H and O–H groups in total. The molecule has 0 atom stereocenters. The molecule has 41 heavy (non-hydrogen) atoms. The third-order valence-corrected chi connectivity index (χ3v) is 7.23. The van der Waals surface area contributed by atoms with E-state index in [9.17, 15) is 4.79 Å². The van der Waals surface area contributed by atoms with Gasteiger partial charge in [-0.1, -0.05) is 18.2 Å². The summed E-state index contributed by atoms with van der Waals surface area (Å²) in [7, 11) is 1.61. The molecule has 2 heterocycles. The molecule has 0 bridgehead atoms. The topological polar surface area (TPSA) is 95.7 Å². The van der Waals surface area contributed by atoms with Crippen molar-refractivity contribution in [3.63, 3.8) is 0 Å². The molecule has 0 radical (unpaired) electrons. The number of fused-ring (bicyclic) bond motifs is 1. The van der Waals surface area contributed by atoms with E-state index >= 15 is 0 Å². The van der Waals surface area contributed by atoms with Crippen LogP contribution in [0.3, 0.4) is 0 Å². The van der Waals surface area contributed by atoms with Crippen LogP contribution in [-0.2, 0) is 6.61 Å². The number of aryl methyl sites for hydroxylation is 2. The zero-order chi connectivity index (χ0) is 29.3. The number of carbonyl (C=O) groups is 1. The van der Waals surface area contributed by atoms with Gasteiger partial charge in [0.2, 0.25) is 0 Å². The van der Waals surface area contributed by atoms with E-state index in [0.29, 0.717) is 35.1 Å². The van der Waals surface area contributed by atoms with Gasteiger partial charge in [0, 0.05) is 46.4 Å². The minimum atomic E-state index is -0.472. The maximum atomic E-state index is 12.8. The number of hydrogen-bond donors (Lipinski definition) is 2. The third-order valence-electron chi connectivity index (χ3n) is 7.23. The van der Waals surface area contributed by atoms with Crippen LogP contribution < -0.4 is 25.3 Å². The van der Waals surface area contributed by atoms with E-state index in [-0.39, 0.29) is 5.54 Å². The average Bonchev–Trinajstić information content (AvgIpc) is 2.92. The molecule has 7 nitrogen and oxygen atoms in total. The van der Waals surface area contributed by atoms with E-state index in [4.69, 9.17) is 19.9 Å². The number of allylic oxidation sites excluding steroid dienone is 1. The fraction of sp³-hybridized carbons (Fsp3) is 0.235. The number of nitrogens with two attached hydrogens (primary N) is 1. The first-order chi connectivity index (χ1) is 19.6. The largest absolute Gasteiger partial charge is 0.496 e. The van der Waals surface area contributed by atoms with Crippen molar-refractivity contribution in [2.75, 3.05) is 18.2 Å². The Bertz CT molecular complexity index is 1670. The SMILES string of the molecule is COc1cc(OC(=O)c2cccnc2C)ccc1-c1ccc2c(c1COc1cc(N)ccc1C)C(C)=CC(C)(C)N2. The lowest BCUT2D eigenvalue weighted by atomic mass is 9.85. The van der Waals surface area contributed by atoms with Crippen molar-refractivity contribution in [2.24, 2.45) is 0 Å². The van der Waals surface area contributed by atoms with Crippen LogP contribution in [0.4, 0.5) is 11.4 Å². The predicted octanol–water partition coefficient (Wildman–Crippen LogP) is 7.36. The Morgan fingerprint density at radius 3 is 2.51 bits per heavy atom. The van der Waals surface area contributed by atoms with Crippen LogP contribution in [0.2, 0.25) is 0 Å². The number of nitrogen functional groups attached to an aromatic ring is 1. The van der Waals surface area contributed by atoms with Gasteiger partial charge in [-0.25, -0.2) is 4.79 Å². The van der Waals surface area contributed by atoms with Crippen LogP contribution >= 0.6 is 0 Å². The molecular weight excluding hydrogens is 514 g/mol. The summed E-state index contributed by atoms with van der Waals surface area (Å²) >= 11 is 0. The first-order valence-electron chi connectivity index (χ1n) is 13.5. The number of benzene rings is 3. The van der Waals surface area contributed by atoms with Crippen LogP contribution in [0.1, 0.15) is 53.5 Å². The molecule has 210 valence electrons. The summed E-state index contributed by atoms with van der Waals surface area (Å²) in [5.41, 5.74) is 14.7. The van der Waals surface area contributed by atoms with Gasteiger partial charge in [0.05, 0.1) is 23.9 Å². The Hall–Kier alpha value is -4.78. The molecule has 1 aliphatic heterocycles. The first-order valence-corrected chi connectivity index (χ1v) is 13.5. The van der Waals surface area contributed by atoms with Crippen LogP contribution in [-0.4, -0.2) is 23.6 Å². The molecule has 3 aromatic carbocycles. The minimum absolute atomic E-state index is 0.183. The van der Waals surface area contributed by atoms with Gasteiger partial charge in [0.15, 0.2) is 0 Å². The van der Waals surface area contributed by atoms with Crippen molar-refractivity contribution >= 4 is 22.9 Å². The molecule has 1 aliphatic rings. The summed E-state index contributed by atoms with van der Waals surface area (Å²) in [6, 6.07) is 18.7. The van der Waals surface area contributed by atoms with Gasteiger partial charge in [-0.15, -0.1) is 0 Å². The number of hydrogen-bond acceptors (Lipinski definition) is 7. The second-order valence-corrected chi connectivity index (χ2v) is 10.9. The molecule has 0 aliphatic carbocycles. The standard InChI is InChI=1S/C34H35N3O4/c1-20-9-10-23(35)16-30(20)40-19-28-26(13-14-29-32(28)21(2)18-34(4,5)37-29)27-12-11-24(17-31(27)39-6)41-33(38)25-8-7-15-36-22(25)3/h7-18,37H,19,35H2,1-6H3. The summed E-state index contributed by atoms with van der Waals surface area (Å²) < 4.78 is 17.9. The molecule has 0 spiro atoms. The van der Waals surface area contributed by atoms with E-state index in [2.05, 4.69) is 49.3 Å². The highest BCUT2D eigenvalue weighted by Gasteiger charge is 2.27. The number of carbonyl (C=O) groups excluding carboxylic acids is 1. The Kier molecular flexibility index (Phi) is 7.45. The van der Waals surface area contributed by atoms with Crippen LogP contribution in [0.25, 0.3) is 16.7 Å². The highest BCUT2D eigenvalue weighted by Crippen LogP contribution is 2.43. The summed E-state index contributed by atoms with van der Waals surface area (Å²) in [6.07, 6.45) is 3.87. The normalized spacial score (nSPS) is 13.5. The Labute approximate surface area is 241 Å². The van der Waals surface area contributed by atoms with Crippen LogP contribution in [0.15, 0.2) is 72.9 Å². The second-order valence-electron chi connectivity index (χ2n) is 10.9. The molecule has 0 saturated heterocycles. The minimum Gasteiger partial charge on any atom is -0.496 e. The predicted molar refractivity (Wildman–Crippen MR) is 164 cm³/mol.